The average molecular weight is 325 g/mol. The molecule has 0 unspecified atom stereocenters. The minimum atomic E-state index is -0.496. The Kier molecular flexibility index (Phi) is 6.80. The Morgan fingerprint density at radius 3 is 2.64 bits per heavy atom. The van der Waals surface area contributed by atoms with Crippen molar-refractivity contribution in [2.75, 3.05) is 27.2 Å². The molecule has 0 aliphatic heterocycles. The highest BCUT2D eigenvalue weighted by atomic mass is 32.1. The summed E-state index contributed by atoms with van der Waals surface area (Å²) in [6.45, 7) is 9.60. The summed E-state index contributed by atoms with van der Waals surface area (Å²) in [5.74, 6) is 0.791. The first-order chi connectivity index (χ1) is 10.3. The van der Waals surface area contributed by atoms with Gasteiger partial charge in [0.25, 0.3) is 0 Å². The zero-order valence-electron chi connectivity index (χ0n) is 14.4. The van der Waals surface area contributed by atoms with Crippen molar-refractivity contribution in [3.05, 3.63) is 16.1 Å². The summed E-state index contributed by atoms with van der Waals surface area (Å²) >= 11 is 1.64. The van der Waals surface area contributed by atoms with Crippen molar-refractivity contribution in [2.45, 2.75) is 34.2 Å². The van der Waals surface area contributed by atoms with Crippen LogP contribution in [0.5, 0.6) is 0 Å². The number of rotatable bonds is 6. The van der Waals surface area contributed by atoms with Gasteiger partial charge in [0.1, 0.15) is 0 Å². The van der Waals surface area contributed by atoms with E-state index in [0.717, 1.165) is 16.7 Å². The van der Waals surface area contributed by atoms with Gasteiger partial charge in [-0.2, -0.15) is 0 Å². The fraction of sp³-hybridized carbons (Fsp3) is 0.667. The molecule has 0 aliphatic carbocycles. The first-order valence-electron chi connectivity index (χ1n) is 7.41. The molecule has 2 N–H and O–H groups in total. The predicted octanol–water partition coefficient (Wildman–Crippen LogP) is 1.62. The Labute approximate surface area is 137 Å². The number of hydrogen-bond acceptors (Lipinski definition) is 4. The SMILES string of the molecule is CCNC(=O)C(C)(C)CNC(=NC)N(C)Cc1csc(C)n1. The van der Waals surface area contributed by atoms with Crippen LogP contribution in [-0.4, -0.2) is 48.9 Å². The summed E-state index contributed by atoms with van der Waals surface area (Å²) in [7, 11) is 3.70. The molecule has 22 heavy (non-hydrogen) atoms. The number of thiazole rings is 1. The van der Waals surface area contributed by atoms with Crippen LogP contribution in [0.4, 0.5) is 0 Å². The zero-order valence-corrected chi connectivity index (χ0v) is 15.2. The van der Waals surface area contributed by atoms with Crippen LogP contribution in [0.3, 0.4) is 0 Å². The second kappa shape index (κ2) is 8.12. The third kappa shape index (κ3) is 5.29. The molecule has 1 heterocycles. The fourth-order valence-electron chi connectivity index (χ4n) is 1.96. The Morgan fingerprint density at radius 2 is 2.14 bits per heavy atom. The fourth-order valence-corrected chi connectivity index (χ4v) is 2.57. The van der Waals surface area contributed by atoms with E-state index in [1.165, 1.54) is 0 Å². The van der Waals surface area contributed by atoms with Crippen molar-refractivity contribution in [3.63, 3.8) is 0 Å². The van der Waals surface area contributed by atoms with E-state index in [0.29, 0.717) is 19.6 Å². The van der Waals surface area contributed by atoms with Crippen molar-refractivity contribution in [2.24, 2.45) is 10.4 Å². The van der Waals surface area contributed by atoms with Crippen LogP contribution >= 0.6 is 11.3 Å². The van der Waals surface area contributed by atoms with E-state index in [2.05, 4.69) is 26.0 Å². The Balaban J connectivity index is 2.59. The number of amides is 1. The lowest BCUT2D eigenvalue weighted by Gasteiger charge is -2.27. The van der Waals surface area contributed by atoms with Crippen molar-refractivity contribution in [3.8, 4) is 0 Å². The Morgan fingerprint density at radius 1 is 1.45 bits per heavy atom. The number of hydrogen-bond donors (Lipinski definition) is 2. The highest BCUT2D eigenvalue weighted by Gasteiger charge is 2.27. The predicted molar refractivity (Wildman–Crippen MR) is 92.1 cm³/mol. The minimum Gasteiger partial charge on any atom is -0.356 e. The lowest BCUT2D eigenvalue weighted by atomic mass is 9.92. The summed E-state index contributed by atoms with van der Waals surface area (Å²) in [6.07, 6.45) is 0. The summed E-state index contributed by atoms with van der Waals surface area (Å²) in [4.78, 5) is 22.8. The molecule has 1 rings (SSSR count). The molecule has 1 aromatic rings. The molecule has 0 spiro atoms. The molecule has 1 amide bonds. The van der Waals surface area contributed by atoms with Crippen molar-refractivity contribution in [1.82, 2.24) is 20.5 Å². The third-order valence-corrected chi connectivity index (χ3v) is 4.10. The van der Waals surface area contributed by atoms with Crippen molar-refractivity contribution in [1.29, 1.82) is 0 Å². The topological polar surface area (TPSA) is 69.6 Å². The van der Waals surface area contributed by atoms with Crippen LogP contribution in [0.15, 0.2) is 10.4 Å². The molecule has 0 bridgehead atoms. The van der Waals surface area contributed by atoms with Crippen LogP contribution in [0.2, 0.25) is 0 Å². The van der Waals surface area contributed by atoms with Crippen molar-refractivity contribution < 1.29 is 4.79 Å². The molecule has 0 aliphatic rings. The zero-order chi connectivity index (χ0) is 16.8. The number of nitrogens with one attached hydrogen (secondary N) is 2. The van der Waals surface area contributed by atoms with E-state index in [1.807, 2.05) is 39.6 Å². The molecular weight excluding hydrogens is 298 g/mol. The minimum absolute atomic E-state index is 0.0377. The van der Waals surface area contributed by atoms with Crippen LogP contribution in [-0.2, 0) is 11.3 Å². The molecule has 0 saturated carbocycles. The maximum Gasteiger partial charge on any atom is 0.227 e. The van der Waals surface area contributed by atoms with Gasteiger partial charge in [-0.15, -0.1) is 11.3 Å². The molecule has 6 nitrogen and oxygen atoms in total. The molecule has 124 valence electrons. The average Bonchev–Trinajstić information content (AvgIpc) is 2.84. The molecule has 0 radical (unpaired) electrons. The maximum atomic E-state index is 12.0. The third-order valence-electron chi connectivity index (χ3n) is 3.28. The smallest absolute Gasteiger partial charge is 0.227 e. The first kappa shape index (κ1) is 18.4. The monoisotopic (exact) mass is 325 g/mol. The molecule has 0 fully saturated rings. The molecule has 0 saturated heterocycles. The number of aryl methyl sites for hydroxylation is 1. The second-order valence-electron chi connectivity index (χ2n) is 5.86. The van der Waals surface area contributed by atoms with Gasteiger partial charge in [-0.05, 0) is 27.7 Å². The van der Waals surface area contributed by atoms with Gasteiger partial charge in [-0.1, -0.05) is 0 Å². The number of aromatic nitrogens is 1. The largest absolute Gasteiger partial charge is 0.356 e. The first-order valence-corrected chi connectivity index (χ1v) is 8.29. The van der Waals surface area contributed by atoms with Crippen LogP contribution in [0.25, 0.3) is 0 Å². The lowest BCUT2D eigenvalue weighted by molar-refractivity contribution is -0.128. The van der Waals surface area contributed by atoms with E-state index >= 15 is 0 Å². The molecular formula is C15H27N5OS. The number of carbonyl (C=O) groups excluding carboxylic acids is 1. The van der Waals surface area contributed by atoms with Crippen molar-refractivity contribution >= 4 is 23.2 Å². The van der Waals surface area contributed by atoms with Gasteiger partial charge in [0, 0.05) is 32.6 Å². The Hall–Kier alpha value is -1.63. The number of carbonyl (C=O) groups is 1. The van der Waals surface area contributed by atoms with Gasteiger partial charge >= 0.3 is 0 Å². The number of nitrogens with zero attached hydrogens (tertiary/aromatic N) is 3. The van der Waals surface area contributed by atoms with E-state index < -0.39 is 5.41 Å². The van der Waals surface area contributed by atoms with Crippen LogP contribution in [0, 0.1) is 12.3 Å². The van der Waals surface area contributed by atoms with Gasteiger partial charge < -0.3 is 15.5 Å². The van der Waals surface area contributed by atoms with E-state index in [1.54, 1.807) is 18.4 Å². The highest BCUT2D eigenvalue weighted by molar-refractivity contribution is 7.09. The molecule has 1 aromatic heterocycles. The van der Waals surface area contributed by atoms with Gasteiger partial charge in [-0.3, -0.25) is 9.79 Å². The molecule has 0 aromatic carbocycles. The van der Waals surface area contributed by atoms with Gasteiger partial charge in [0.15, 0.2) is 5.96 Å². The summed E-state index contributed by atoms with van der Waals surface area (Å²) in [6, 6.07) is 0. The number of aliphatic imine (C=N–C) groups is 1. The Bertz CT molecular complexity index is 524. The van der Waals surface area contributed by atoms with E-state index in [9.17, 15) is 4.79 Å². The number of guanidine groups is 1. The normalized spacial score (nSPS) is 12.2. The summed E-state index contributed by atoms with van der Waals surface area (Å²) in [5.41, 5.74) is 0.528. The second-order valence-corrected chi connectivity index (χ2v) is 6.92. The van der Waals surface area contributed by atoms with E-state index in [-0.39, 0.29) is 5.91 Å². The highest BCUT2D eigenvalue weighted by Crippen LogP contribution is 2.14. The van der Waals surface area contributed by atoms with Gasteiger partial charge in [-0.25, -0.2) is 4.98 Å². The molecule has 0 atom stereocenters. The van der Waals surface area contributed by atoms with Crippen LogP contribution in [0.1, 0.15) is 31.5 Å². The van der Waals surface area contributed by atoms with E-state index in [4.69, 9.17) is 0 Å². The maximum absolute atomic E-state index is 12.0. The quantitative estimate of drug-likeness (QED) is 0.616. The summed E-state index contributed by atoms with van der Waals surface area (Å²) < 4.78 is 0. The van der Waals surface area contributed by atoms with Gasteiger partial charge in [0.05, 0.1) is 22.7 Å². The van der Waals surface area contributed by atoms with Gasteiger partial charge in [0.2, 0.25) is 5.91 Å². The van der Waals surface area contributed by atoms with Crippen LogP contribution < -0.4 is 10.6 Å². The summed E-state index contributed by atoms with van der Waals surface area (Å²) in [5, 5.41) is 9.24. The standard InChI is InChI=1S/C15H27N5OS/c1-7-17-13(21)15(3,4)10-18-14(16-5)20(6)8-12-9-22-11(2)19-12/h9H,7-8,10H2,1-6H3,(H,16,18)(H,17,21). The lowest BCUT2D eigenvalue weighted by Crippen LogP contribution is -2.48. The molecule has 7 heteroatoms.